The first-order valence-electron chi connectivity index (χ1n) is 5.90. The maximum absolute atomic E-state index is 12.1. The third-order valence-corrected chi connectivity index (χ3v) is 4.05. The third-order valence-electron chi connectivity index (χ3n) is 3.01. The molecule has 2 rings (SSSR count). The van der Waals surface area contributed by atoms with Crippen LogP contribution < -0.4 is 5.73 Å². The van der Waals surface area contributed by atoms with Gasteiger partial charge in [-0.3, -0.25) is 4.79 Å². The maximum Gasteiger partial charge on any atom is 0.223 e. The fourth-order valence-corrected chi connectivity index (χ4v) is 2.82. The number of carbonyl (C=O) groups is 1. The van der Waals surface area contributed by atoms with Crippen molar-refractivity contribution in [3.63, 3.8) is 0 Å². The number of hydrogen-bond acceptors (Lipinski definition) is 4. The Balaban J connectivity index is 1.92. The van der Waals surface area contributed by atoms with Gasteiger partial charge in [-0.05, 0) is 11.4 Å². The van der Waals surface area contributed by atoms with Crippen molar-refractivity contribution in [2.45, 2.75) is 12.3 Å². The van der Waals surface area contributed by atoms with E-state index in [0.717, 1.165) is 0 Å². The number of thiophene rings is 1. The second-order valence-corrected chi connectivity index (χ2v) is 5.12. The topological polar surface area (TPSA) is 55.6 Å². The van der Waals surface area contributed by atoms with Crippen LogP contribution in [0.5, 0.6) is 0 Å². The van der Waals surface area contributed by atoms with E-state index in [0.29, 0.717) is 39.3 Å². The van der Waals surface area contributed by atoms with Gasteiger partial charge in [-0.25, -0.2) is 0 Å². The highest BCUT2D eigenvalue weighted by atomic mass is 32.1. The van der Waals surface area contributed by atoms with Gasteiger partial charge in [-0.2, -0.15) is 0 Å². The van der Waals surface area contributed by atoms with E-state index >= 15 is 0 Å². The second-order valence-electron chi connectivity index (χ2n) is 4.15. The summed E-state index contributed by atoms with van der Waals surface area (Å²) in [4.78, 5) is 15.2. The third kappa shape index (κ3) is 3.28. The van der Waals surface area contributed by atoms with Crippen molar-refractivity contribution < 1.29 is 9.53 Å². The first-order valence-corrected chi connectivity index (χ1v) is 6.78. The molecule has 1 aromatic rings. The molecule has 1 aromatic heterocycles. The first-order chi connectivity index (χ1) is 8.31. The van der Waals surface area contributed by atoms with Crippen LogP contribution in [-0.4, -0.2) is 43.7 Å². The van der Waals surface area contributed by atoms with Crippen LogP contribution in [0.2, 0.25) is 0 Å². The number of nitrogens with zero attached hydrogens (tertiary/aromatic N) is 1. The summed E-state index contributed by atoms with van der Waals surface area (Å²) in [6.07, 6.45) is 0.511. The van der Waals surface area contributed by atoms with Crippen molar-refractivity contribution in [3.05, 3.63) is 22.4 Å². The minimum absolute atomic E-state index is 0.158. The molecule has 1 aliphatic heterocycles. The Hall–Kier alpha value is -0.910. The van der Waals surface area contributed by atoms with Gasteiger partial charge in [0.25, 0.3) is 0 Å². The summed E-state index contributed by atoms with van der Waals surface area (Å²) in [5.74, 6) is 0.350. The normalized spacial score (nSPS) is 18.1. The Labute approximate surface area is 105 Å². The Morgan fingerprint density at radius 3 is 2.88 bits per heavy atom. The Kier molecular flexibility index (Phi) is 4.53. The number of ether oxygens (including phenoxy) is 1. The average Bonchev–Trinajstić information content (AvgIpc) is 2.90. The van der Waals surface area contributed by atoms with Crippen LogP contribution in [-0.2, 0) is 9.53 Å². The van der Waals surface area contributed by atoms with Crippen LogP contribution in [0.3, 0.4) is 0 Å². The zero-order chi connectivity index (χ0) is 12.1. The van der Waals surface area contributed by atoms with E-state index in [1.54, 1.807) is 11.3 Å². The van der Waals surface area contributed by atoms with Gasteiger partial charge in [0.15, 0.2) is 0 Å². The zero-order valence-corrected chi connectivity index (χ0v) is 10.6. The van der Waals surface area contributed by atoms with Crippen LogP contribution in [0, 0.1) is 0 Å². The fraction of sp³-hybridized carbons (Fsp3) is 0.583. The summed E-state index contributed by atoms with van der Waals surface area (Å²) in [6.45, 7) is 3.24. The average molecular weight is 254 g/mol. The van der Waals surface area contributed by atoms with E-state index < -0.39 is 0 Å². The molecule has 2 heterocycles. The molecule has 0 radical (unpaired) electrons. The SMILES string of the molecule is NCC(CC(=O)N1CCOCC1)c1cccs1. The number of nitrogens with two attached hydrogens (primary N) is 1. The number of amides is 1. The lowest BCUT2D eigenvalue weighted by molar-refractivity contribution is -0.135. The summed E-state index contributed by atoms with van der Waals surface area (Å²) >= 11 is 1.67. The lowest BCUT2D eigenvalue weighted by atomic mass is 10.0. The molecule has 4 nitrogen and oxygen atoms in total. The highest BCUT2D eigenvalue weighted by Gasteiger charge is 2.21. The standard InChI is InChI=1S/C12H18N2O2S/c13-9-10(11-2-1-7-17-11)8-12(15)14-3-5-16-6-4-14/h1-2,7,10H,3-6,8-9,13H2. The van der Waals surface area contributed by atoms with Gasteiger partial charge in [0.2, 0.25) is 5.91 Å². The van der Waals surface area contributed by atoms with E-state index in [9.17, 15) is 4.79 Å². The molecule has 1 amide bonds. The van der Waals surface area contributed by atoms with Gasteiger partial charge in [0, 0.05) is 36.9 Å². The molecule has 0 aromatic carbocycles. The molecule has 2 N–H and O–H groups in total. The Morgan fingerprint density at radius 2 is 2.29 bits per heavy atom. The zero-order valence-electron chi connectivity index (χ0n) is 9.80. The molecule has 1 saturated heterocycles. The lowest BCUT2D eigenvalue weighted by Gasteiger charge is -2.28. The number of morpholine rings is 1. The van der Waals surface area contributed by atoms with Crippen molar-refractivity contribution >= 4 is 17.2 Å². The van der Waals surface area contributed by atoms with Crippen molar-refractivity contribution in [1.29, 1.82) is 0 Å². The monoisotopic (exact) mass is 254 g/mol. The van der Waals surface area contributed by atoms with Crippen LogP contribution >= 0.6 is 11.3 Å². The van der Waals surface area contributed by atoms with Gasteiger partial charge >= 0.3 is 0 Å². The number of hydrogen-bond donors (Lipinski definition) is 1. The van der Waals surface area contributed by atoms with Crippen LogP contribution in [0.1, 0.15) is 17.2 Å². The van der Waals surface area contributed by atoms with Crippen LogP contribution in [0.4, 0.5) is 0 Å². The molecule has 1 unspecified atom stereocenters. The molecule has 0 aliphatic carbocycles. The quantitative estimate of drug-likeness (QED) is 0.873. The number of carbonyl (C=O) groups excluding carboxylic acids is 1. The summed E-state index contributed by atoms with van der Waals surface area (Å²) in [5, 5.41) is 2.03. The molecule has 17 heavy (non-hydrogen) atoms. The summed E-state index contributed by atoms with van der Waals surface area (Å²) in [6, 6.07) is 4.05. The predicted molar refractivity (Wildman–Crippen MR) is 68.1 cm³/mol. The van der Waals surface area contributed by atoms with Crippen molar-refractivity contribution in [3.8, 4) is 0 Å². The molecule has 0 saturated carbocycles. The first kappa shape index (κ1) is 12.5. The molecule has 5 heteroatoms. The maximum atomic E-state index is 12.1. The van der Waals surface area contributed by atoms with Gasteiger partial charge in [-0.15, -0.1) is 11.3 Å². The highest BCUT2D eigenvalue weighted by molar-refractivity contribution is 7.10. The minimum atomic E-state index is 0.158. The minimum Gasteiger partial charge on any atom is -0.378 e. The number of rotatable bonds is 4. The van der Waals surface area contributed by atoms with Gasteiger partial charge in [0.1, 0.15) is 0 Å². The van der Waals surface area contributed by atoms with Crippen molar-refractivity contribution in [1.82, 2.24) is 4.90 Å². The van der Waals surface area contributed by atoms with Crippen LogP contribution in [0.25, 0.3) is 0 Å². The van der Waals surface area contributed by atoms with Gasteiger partial charge < -0.3 is 15.4 Å². The van der Waals surface area contributed by atoms with Crippen molar-refractivity contribution in [2.24, 2.45) is 5.73 Å². The molecule has 1 aliphatic rings. The van der Waals surface area contributed by atoms with E-state index in [4.69, 9.17) is 10.5 Å². The van der Waals surface area contributed by atoms with E-state index in [2.05, 4.69) is 6.07 Å². The van der Waals surface area contributed by atoms with E-state index in [1.807, 2.05) is 16.3 Å². The lowest BCUT2D eigenvalue weighted by Crippen LogP contribution is -2.41. The molecule has 94 valence electrons. The predicted octanol–water partition coefficient (Wildman–Crippen LogP) is 1.04. The van der Waals surface area contributed by atoms with E-state index in [1.165, 1.54) is 4.88 Å². The largest absolute Gasteiger partial charge is 0.378 e. The smallest absolute Gasteiger partial charge is 0.223 e. The molecule has 1 fully saturated rings. The Morgan fingerprint density at radius 1 is 1.53 bits per heavy atom. The van der Waals surface area contributed by atoms with Crippen molar-refractivity contribution in [2.75, 3.05) is 32.8 Å². The van der Waals surface area contributed by atoms with Gasteiger partial charge in [-0.1, -0.05) is 6.07 Å². The molecule has 0 spiro atoms. The second kappa shape index (κ2) is 6.14. The van der Waals surface area contributed by atoms with E-state index in [-0.39, 0.29) is 11.8 Å². The van der Waals surface area contributed by atoms with Gasteiger partial charge in [0.05, 0.1) is 13.2 Å². The highest BCUT2D eigenvalue weighted by Crippen LogP contribution is 2.24. The fourth-order valence-electron chi connectivity index (χ4n) is 1.98. The Bertz CT molecular complexity index is 347. The molecule has 1 atom stereocenters. The molecular weight excluding hydrogens is 236 g/mol. The summed E-state index contributed by atoms with van der Waals surface area (Å²) in [7, 11) is 0. The molecule has 0 bridgehead atoms. The molecular formula is C12H18N2O2S. The van der Waals surface area contributed by atoms with Crippen LogP contribution in [0.15, 0.2) is 17.5 Å². The summed E-state index contributed by atoms with van der Waals surface area (Å²) < 4.78 is 5.24. The summed E-state index contributed by atoms with van der Waals surface area (Å²) in [5.41, 5.74) is 5.75.